The second kappa shape index (κ2) is 5.39. The van der Waals surface area contributed by atoms with Gasteiger partial charge in [-0.15, -0.1) is 0 Å². The number of nitrogens with two attached hydrogens (primary N) is 1. The molecule has 1 aromatic carbocycles. The molecule has 0 aliphatic heterocycles. The molecule has 16 heavy (non-hydrogen) atoms. The van der Waals surface area contributed by atoms with Gasteiger partial charge in [-0.3, -0.25) is 4.79 Å². The lowest BCUT2D eigenvalue weighted by atomic mass is 10.1. The Morgan fingerprint density at radius 3 is 2.75 bits per heavy atom. The molecular formula is C12H18N2O2. The minimum absolute atomic E-state index is 0.00719. The standard InChI is InChI=1S/C12H18N2O2/c1-3-4-7-14(2)12(16)9-5-6-11(15)10(13)8-9/h5-6,8,15H,3-4,7,13H2,1-2H3. The van der Waals surface area contributed by atoms with Crippen LogP contribution in [0.1, 0.15) is 30.1 Å². The summed E-state index contributed by atoms with van der Waals surface area (Å²) in [6.45, 7) is 2.81. The van der Waals surface area contributed by atoms with Gasteiger partial charge >= 0.3 is 0 Å². The predicted molar refractivity (Wildman–Crippen MR) is 64.4 cm³/mol. The second-order valence-electron chi connectivity index (χ2n) is 3.85. The van der Waals surface area contributed by atoms with Crippen molar-refractivity contribution >= 4 is 11.6 Å². The molecule has 1 amide bonds. The van der Waals surface area contributed by atoms with Gasteiger partial charge in [0, 0.05) is 19.2 Å². The van der Waals surface area contributed by atoms with Crippen LogP contribution in [0.15, 0.2) is 18.2 Å². The van der Waals surface area contributed by atoms with E-state index in [-0.39, 0.29) is 17.3 Å². The Hall–Kier alpha value is -1.71. The van der Waals surface area contributed by atoms with E-state index in [4.69, 9.17) is 5.73 Å². The SMILES string of the molecule is CCCCN(C)C(=O)c1ccc(O)c(N)c1. The van der Waals surface area contributed by atoms with Gasteiger partial charge in [0.25, 0.3) is 5.91 Å². The van der Waals surface area contributed by atoms with E-state index in [0.717, 1.165) is 19.4 Å². The highest BCUT2D eigenvalue weighted by Crippen LogP contribution is 2.21. The van der Waals surface area contributed by atoms with E-state index in [1.165, 1.54) is 12.1 Å². The number of amides is 1. The maximum Gasteiger partial charge on any atom is 0.253 e. The number of hydrogen-bond acceptors (Lipinski definition) is 3. The molecule has 0 spiro atoms. The van der Waals surface area contributed by atoms with E-state index in [1.54, 1.807) is 18.0 Å². The van der Waals surface area contributed by atoms with E-state index in [2.05, 4.69) is 6.92 Å². The lowest BCUT2D eigenvalue weighted by molar-refractivity contribution is 0.0793. The van der Waals surface area contributed by atoms with Crippen molar-refractivity contribution in [2.75, 3.05) is 19.3 Å². The fraction of sp³-hybridized carbons (Fsp3) is 0.417. The summed E-state index contributed by atoms with van der Waals surface area (Å²) in [6.07, 6.45) is 2.03. The van der Waals surface area contributed by atoms with Crippen LogP contribution in [0.4, 0.5) is 5.69 Å². The van der Waals surface area contributed by atoms with Crippen molar-refractivity contribution in [2.45, 2.75) is 19.8 Å². The lowest BCUT2D eigenvalue weighted by Gasteiger charge is -2.17. The van der Waals surface area contributed by atoms with Gasteiger partial charge < -0.3 is 15.7 Å². The first-order valence-corrected chi connectivity index (χ1v) is 5.40. The van der Waals surface area contributed by atoms with Gasteiger partial charge in [0.05, 0.1) is 5.69 Å². The number of benzene rings is 1. The van der Waals surface area contributed by atoms with Crippen LogP contribution in [0.2, 0.25) is 0 Å². The molecule has 0 aromatic heterocycles. The third kappa shape index (κ3) is 2.89. The number of anilines is 1. The molecule has 0 fully saturated rings. The van der Waals surface area contributed by atoms with Crippen LogP contribution in [0.5, 0.6) is 5.75 Å². The highest BCUT2D eigenvalue weighted by Gasteiger charge is 2.12. The average molecular weight is 222 g/mol. The summed E-state index contributed by atoms with van der Waals surface area (Å²) in [6, 6.07) is 4.52. The molecule has 3 N–H and O–H groups in total. The molecule has 0 atom stereocenters. The Balaban J connectivity index is 2.76. The molecule has 88 valence electrons. The number of phenolic OH excluding ortho intramolecular Hbond substituents is 1. The maximum absolute atomic E-state index is 11.9. The highest BCUT2D eigenvalue weighted by atomic mass is 16.3. The molecule has 0 unspecified atom stereocenters. The molecule has 1 aromatic rings. The largest absolute Gasteiger partial charge is 0.506 e. The van der Waals surface area contributed by atoms with Gasteiger partial charge in [0.2, 0.25) is 0 Å². The zero-order chi connectivity index (χ0) is 12.1. The van der Waals surface area contributed by atoms with E-state index in [0.29, 0.717) is 5.56 Å². The van der Waals surface area contributed by atoms with Crippen LogP contribution in [-0.4, -0.2) is 29.5 Å². The second-order valence-corrected chi connectivity index (χ2v) is 3.85. The third-order valence-electron chi connectivity index (χ3n) is 2.47. The van der Waals surface area contributed by atoms with Gasteiger partial charge in [-0.1, -0.05) is 13.3 Å². The van der Waals surface area contributed by atoms with E-state index < -0.39 is 0 Å². The third-order valence-corrected chi connectivity index (χ3v) is 2.47. The number of phenols is 1. The smallest absolute Gasteiger partial charge is 0.253 e. The van der Waals surface area contributed by atoms with Crippen molar-refractivity contribution < 1.29 is 9.90 Å². The Bertz CT molecular complexity index is 377. The van der Waals surface area contributed by atoms with Gasteiger partial charge in [-0.05, 0) is 24.6 Å². The fourth-order valence-electron chi connectivity index (χ4n) is 1.40. The van der Waals surface area contributed by atoms with Crippen molar-refractivity contribution in [1.29, 1.82) is 0 Å². The summed E-state index contributed by atoms with van der Waals surface area (Å²) in [7, 11) is 1.76. The monoisotopic (exact) mass is 222 g/mol. The molecule has 0 saturated heterocycles. The van der Waals surface area contributed by atoms with Crippen molar-refractivity contribution in [3.63, 3.8) is 0 Å². The summed E-state index contributed by atoms with van der Waals surface area (Å²) in [4.78, 5) is 13.6. The van der Waals surface area contributed by atoms with Crippen LogP contribution >= 0.6 is 0 Å². The lowest BCUT2D eigenvalue weighted by Crippen LogP contribution is -2.27. The Kier molecular flexibility index (Phi) is 4.17. The summed E-state index contributed by atoms with van der Waals surface area (Å²) in [5.41, 5.74) is 6.28. The number of nitrogen functional groups attached to an aromatic ring is 1. The Morgan fingerprint density at radius 1 is 1.50 bits per heavy atom. The van der Waals surface area contributed by atoms with Crippen molar-refractivity contribution in [1.82, 2.24) is 4.90 Å². The molecule has 4 nitrogen and oxygen atoms in total. The van der Waals surface area contributed by atoms with Gasteiger partial charge in [-0.2, -0.15) is 0 Å². The Labute approximate surface area is 95.7 Å². The summed E-state index contributed by atoms with van der Waals surface area (Å²) < 4.78 is 0. The van der Waals surface area contributed by atoms with Crippen molar-refractivity contribution in [2.24, 2.45) is 0 Å². The quantitative estimate of drug-likeness (QED) is 0.603. The number of aromatic hydroxyl groups is 1. The van der Waals surface area contributed by atoms with Crippen LogP contribution in [0, 0.1) is 0 Å². The Morgan fingerprint density at radius 2 is 2.19 bits per heavy atom. The van der Waals surface area contributed by atoms with Gasteiger partial charge in [-0.25, -0.2) is 0 Å². The average Bonchev–Trinajstić information content (AvgIpc) is 2.28. The van der Waals surface area contributed by atoms with Crippen molar-refractivity contribution in [3.8, 4) is 5.75 Å². The van der Waals surface area contributed by atoms with E-state index >= 15 is 0 Å². The minimum Gasteiger partial charge on any atom is -0.506 e. The molecule has 4 heteroatoms. The topological polar surface area (TPSA) is 66.6 Å². The number of unbranched alkanes of at least 4 members (excludes halogenated alkanes) is 1. The molecule has 0 bridgehead atoms. The highest BCUT2D eigenvalue weighted by molar-refractivity contribution is 5.95. The number of hydrogen-bond donors (Lipinski definition) is 2. The molecule has 0 saturated carbocycles. The summed E-state index contributed by atoms with van der Waals surface area (Å²) in [5, 5.41) is 9.26. The number of carbonyl (C=O) groups excluding carboxylic acids is 1. The van der Waals surface area contributed by atoms with Gasteiger partial charge in [0.15, 0.2) is 0 Å². The number of nitrogens with zero attached hydrogens (tertiary/aromatic N) is 1. The zero-order valence-electron chi connectivity index (χ0n) is 9.73. The normalized spacial score (nSPS) is 10.1. The van der Waals surface area contributed by atoms with Crippen LogP contribution in [0.25, 0.3) is 0 Å². The summed E-state index contributed by atoms with van der Waals surface area (Å²) >= 11 is 0. The van der Waals surface area contributed by atoms with Crippen LogP contribution < -0.4 is 5.73 Å². The first-order chi connectivity index (χ1) is 7.56. The van der Waals surface area contributed by atoms with E-state index in [1.807, 2.05) is 0 Å². The van der Waals surface area contributed by atoms with Crippen molar-refractivity contribution in [3.05, 3.63) is 23.8 Å². The zero-order valence-corrected chi connectivity index (χ0v) is 9.73. The van der Waals surface area contributed by atoms with Gasteiger partial charge in [0.1, 0.15) is 5.75 Å². The number of rotatable bonds is 4. The molecule has 0 aliphatic rings. The fourth-order valence-corrected chi connectivity index (χ4v) is 1.40. The molecule has 0 heterocycles. The number of carbonyl (C=O) groups is 1. The first-order valence-electron chi connectivity index (χ1n) is 5.40. The molecule has 1 rings (SSSR count). The molecule has 0 aliphatic carbocycles. The predicted octanol–water partition coefficient (Wildman–Crippen LogP) is 1.85. The maximum atomic E-state index is 11.9. The van der Waals surface area contributed by atoms with Crippen LogP contribution in [-0.2, 0) is 0 Å². The first kappa shape index (κ1) is 12.4. The summed E-state index contributed by atoms with van der Waals surface area (Å²) in [5.74, 6) is -0.0621. The minimum atomic E-state index is -0.0693. The molecular weight excluding hydrogens is 204 g/mol. The van der Waals surface area contributed by atoms with E-state index in [9.17, 15) is 9.90 Å². The van der Waals surface area contributed by atoms with Crippen LogP contribution in [0.3, 0.4) is 0 Å². The molecule has 0 radical (unpaired) electrons.